The van der Waals surface area contributed by atoms with E-state index in [9.17, 15) is 0 Å². The van der Waals surface area contributed by atoms with Crippen LogP contribution in [0.1, 0.15) is 29.7 Å². The summed E-state index contributed by atoms with van der Waals surface area (Å²) in [6.45, 7) is 3.30. The van der Waals surface area contributed by atoms with Gasteiger partial charge in [-0.1, -0.05) is 18.2 Å². The number of hydrogen-bond acceptors (Lipinski definition) is 4. The van der Waals surface area contributed by atoms with Crippen LogP contribution in [0.15, 0.2) is 34.9 Å². The standard InChI is InChI=1S/C14H16N2O2/c1-10-8-16-14(18-10)9-15-12-6-7-17-13-5-3-2-4-11(12)13/h2-5,8,12,15H,6-7,9H2,1H3. The zero-order valence-electron chi connectivity index (χ0n) is 10.3. The van der Waals surface area contributed by atoms with Gasteiger partial charge in [0.25, 0.3) is 0 Å². The van der Waals surface area contributed by atoms with E-state index in [4.69, 9.17) is 9.15 Å². The molecule has 0 aliphatic carbocycles. The molecular formula is C14H16N2O2. The monoisotopic (exact) mass is 244 g/mol. The van der Waals surface area contributed by atoms with Crippen molar-refractivity contribution in [3.63, 3.8) is 0 Å². The van der Waals surface area contributed by atoms with Crippen LogP contribution in [0.3, 0.4) is 0 Å². The molecule has 4 heteroatoms. The Morgan fingerprint density at radius 3 is 3.11 bits per heavy atom. The summed E-state index contributed by atoms with van der Waals surface area (Å²) in [5.41, 5.74) is 1.21. The zero-order valence-corrected chi connectivity index (χ0v) is 10.3. The third kappa shape index (κ3) is 2.24. The minimum atomic E-state index is 0.308. The summed E-state index contributed by atoms with van der Waals surface area (Å²) in [4.78, 5) is 4.20. The van der Waals surface area contributed by atoms with Gasteiger partial charge in [0, 0.05) is 18.0 Å². The lowest BCUT2D eigenvalue weighted by Crippen LogP contribution is -2.26. The lowest BCUT2D eigenvalue weighted by atomic mass is 10.0. The smallest absolute Gasteiger partial charge is 0.208 e. The summed E-state index contributed by atoms with van der Waals surface area (Å²) in [5.74, 6) is 2.56. The normalized spacial score (nSPS) is 18.2. The fourth-order valence-corrected chi connectivity index (χ4v) is 2.25. The maximum atomic E-state index is 5.63. The molecule has 2 aromatic rings. The molecule has 18 heavy (non-hydrogen) atoms. The molecule has 1 aliphatic rings. The second-order valence-corrected chi connectivity index (χ2v) is 4.47. The molecule has 1 aromatic heterocycles. The second-order valence-electron chi connectivity index (χ2n) is 4.47. The largest absolute Gasteiger partial charge is 0.493 e. The van der Waals surface area contributed by atoms with Crippen LogP contribution in [0.2, 0.25) is 0 Å². The number of fused-ring (bicyclic) bond motifs is 1. The average molecular weight is 244 g/mol. The van der Waals surface area contributed by atoms with E-state index in [1.54, 1.807) is 6.20 Å². The predicted octanol–water partition coefficient (Wildman–Crippen LogP) is 2.60. The third-order valence-corrected chi connectivity index (χ3v) is 3.13. The van der Waals surface area contributed by atoms with Crippen molar-refractivity contribution < 1.29 is 9.15 Å². The van der Waals surface area contributed by atoms with Crippen LogP contribution >= 0.6 is 0 Å². The first-order chi connectivity index (χ1) is 8.83. The predicted molar refractivity (Wildman–Crippen MR) is 67.4 cm³/mol. The van der Waals surface area contributed by atoms with Gasteiger partial charge in [-0.25, -0.2) is 4.98 Å². The van der Waals surface area contributed by atoms with Crippen molar-refractivity contribution in [2.75, 3.05) is 6.61 Å². The van der Waals surface area contributed by atoms with Gasteiger partial charge in [-0.3, -0.25) is 0 Å². The molecule has 0 spiro atoms. The SMILES string of the molecule is Cc1cnc(CNC2CCOc3ccccc32)o1. The fraction of sp³-hybridized carbons (Fsp3) is 0.357. The minimum Gasteiger partial charge on any atom is -0.493 e. The molecule has 1 aliphatic heterocycles. The number of para-hydroxylation sites is 1. The van der Waals surface area contributed by atoms with Crippen molar-refractivity contribution >= 4 is 0 Å². The Labute approximate surface area is 106 Å². The Morgan fingerprint density at radius 2 is 2.28 bits per heavy atom. The molecule has 3 rings (SSSR count). The fourth-order valence-electron chi connectivity index (χ4n) is 2.25. The number of benzene rings is 1. The van der Waals surface area contributed by atoms with E-state index in [1.807, 2.05) is 25.1 Å². The molecule has 1 aromatic carbocycles. The van der Waals surface area contributed by atoms with Crippen molar-refractivity contribution in [2.45, 2.75) is 25.9 Å². The van der Waals surface area contributed by atoms with Crippen molar-refractivity contribution in [1.82, 2.24) is 10.3 Å². The van der Waals surface area contributed by atoms with Crippen molar-refractivity contribution in [2.24, 2.45) is 0 Å². The molecule has 0 bridgehead atoms. The maximum absolute atomic E-state index is 5.63. The summed E-state index contributed by atoms with van der Waals surface area (Å²) in [6, 6.07) is 8.46. The Bertz CT molecular complexity index is 536. The molecule has 1 N–H and O–H groups in total. The van der Waals surface area contributed by atoms with Gasteiger partial charge >= 0.3 is 0 Å². The second kappa shape index (κ2) is 4.82. The molecule has 94 valence electrons. The van der Waals surface area contributed by atoms with Crippen molar-refractivity contribution in [3.8, 4) is 5.75 Å². The quantitative estimate of drug-likeness (QED) is 0.901. The lowest BCUT2D eigenvalue weighted by Gasteiger charge is -2.26. The highest BCUT2D eigenvalue weighted by atomic mass is 16.5. The highest BCUT2D eigenvalue weighted by Gasteiger charge is 2.20. The molecule has 1 atom stereocenters. The van der Waals surface area contributed by atoms with Crippen LogP contribution in [0, 0.1) is 6.92 Å². The van der Waals surface area contributed by atoms with Gasteiger partial charge in [0.15, 0.2) is 0 Å². The van der Waals surface area contributed by atoms with Gasteiger partial charge < -0.3 is 14.5 Å². The molecular weight excluding hydrogens is 228 g/mol. The molecule has 0 saturated heterocycles. The van der Waals surface area contributed by atoms with E-state index in [0.717, 1.165) is 30.4 Å². The molecule has 2 heterocycles. The summed E-state index contributed by atoms with van der Waals surface area (Å²) in [7, 11) is 0. The number of oxazole rings is 1. The first-order valence-corrected chi connectivity index (χ1v) is 6.19. The van der Waals surface area contributed by atoms with E-state index in [0.29, 0.717) is 12.6 Å². The Kier molecular flexibility index (Phi) is 3.02. The minimum absolute atomic E-state index is 0.308. The zero-order chi connectivity index (χ0) is 12.4. The molecule has 0 saturated carbocycles. The summed E-state index contributed by atoms with van der Waals surface area (Å²) < 4.78 is 11.1. The maximum Gasteiger partial charge on any atom is 0.208 e. The van der Waals surface area contributed by atoms with Crippen LogP contribution in [0.25, 0.3) is 0 Å². The Morgan fingerprint density at radius 1 is 1.39 bits per heavy atom. The number of rotatable bonds is 3. The number of hydrogen-bond donors (Lipinski definition) is 1. The molecule has 0 fully saturated rings. The molecule has 0 amide bonds. The Hall–Kier alpha value is -1.81. The summed E-state index contributed by atoms with van der Waals surface area (Å²) in [6.07, 6.45) is 2.71. The Balaban J connectivity index is 1.71. The molecule has 4 nitrogen and oxygen atoms in total. The number of nitrogens with one attached hydrogen (secondary N) is 1. The van der Waals surface area contributed by atoms with Gasteiger partial charge in [0.1, 0.15) is 11.5 Å². The van der Waals surface area contributed by atoms with E-state index >= 15 is 0 Å². The lowest BCUT2D eigenvalue weighted by molar-refractivity contribution is 0.249. The number of ether oxygens (including phenoxy) is 1. The van der Waals surface area contributed by atoms with Crippen LogP contribution in [0.4, 0.5) is 0 Å². The van der Waals surface area contributed by atoms with Gasteiger partial charge in [-0.15, -0.1) is 0 Å². The van der Waals surface area contributed by atoms with E-state index in [2.05, 4.69) is 16.4 Å². The third-order valence-electron chi connectivity index (χ3n) is 3.13. The van der Waals surface area contributed by atoms with E-state index in [1.165, 1.54) is 5.56 Å². The topological polar surface area (TPSA) is 47.3 Å². The van der Waals surface area contributed by atoms with Crippen LogP contribution in [-0.2, 0) is 6.54 Å². The first kappa shape index (κ1) is 11.3. The van der Waals surface area contributed by atoms with E-state index in [-0.39, 0.29) is 0 Å². The summed E-state index contributed by atoms with van der Waals surface area (Å²) >= 11 is 0. The summed E-state index contributed by atoms with van der Waals surface area (Å²) in [5, 5.41) is 3.47. The van der Waals surface area contributed by atoms with Crippen LogP contribution < -0.4 is 10.1 Å². The first-order valence-electron chi connectivity index (χ1n) is 6.19. The highest BCUT2D eigenvalue weighted by molar-refractivity contribution is 5.37. The molecule has 0 radical (unpaired) electrons. The number of nitrogens with zero attached hydrogens (tertiary/aromatic N) is 1. The highest BCUT2D eigenvalue weighted by Crippen LogP contribution is 2.31. The van der Waals surface area contributed by atoms with Gasteiger partial charge in [-0.05, 0) is 13.0 Å². The van der Waals surface area contributed by atoms with Gasteiger partial charge in [0.2, 0.25) is 5.89 Å². The van der Waals surface area contributed by atoms with Crippen molar-refractivity contribution in [1.29, 1.82) is 0 Å². The van der Waals surface area contributed by atoms with E-state index < -0.39 is 0 Å². The average Bonchev–Trinajstić information content (AvgIpc) is 2.82. The number of aryl methyl sites for hydroxylation is 1. The van der Waals surface area contributed by atoms with Crippen LogP contribution in [-0.4, -0.2) is 11.6 Å². The molecule has 1 unspecified atom stereocenters. The number of aromatic nitrogens is 1. The van der Waals surface area contributed by atoms with Crippen molar-refractivity contribution in [3.05, 3.63) is 47.7 Å². The van der Waals surface area contributed by atoms with Crippen LogP contribution in [0.5, 0.6) is 5.75 Å². The van der Waals surface area contributed by atoms with Gasteiger partial charge in [-0.2, -0.15) is 0 Å². The van der Waals surface area contributed by atoms with Gasteiger partial charge in [0.05, 0.1) is 19.3 Å².